The summed E-state index contributed by atoms with van der Waals surface area (Å²) in [6.45, 7) is 7.60. The topological polar surface area (TPSA) is 92.3 Å². The van der Waals surface area contributed by atoms with Gasteiger partial charge in [0.15, 0.2) is 0 Å². The molecule has 2 saturated heterocycles. The van der Waals surface area contributed by atoms with E-state index in [0.29, 0.717) is 56.6 Å². The molecule has 0 radical (unpaired) electrons. The molecule has 10 heteroatoms. The number of amides is 2. The number of carbonyl (C=O) groups is 1. The number of aromatic nitrogens is 2. The highest BCUT2D eigenvalue weighted by Crippen LogP contribution is 2.29. The lowest BCUT2D eigenvalue weighted by atomic mass is 10.2. The summed E-state index contributed by atoms with van der Waals surface area (Å²) in [5.41, 5.74) is 0.613. The standard InChI is InChI=1S/C22H30N6O4/c1-16-23-20(15-21(24-16)27-10-12-32-13-11-27)26-6-8-28(9-7-26)22(29)25-18-5-4-17(30-2)14-19(18)31-3/h4-5,14-15H,6-13H2,1-3H3,(H,25,29). The van der Waals surface area contributed by atoms with E-state index in [2.05, 4.69) is 25.1 Å². The summed E-state index contributed by atoms with van der Waals surface area (Å²) in [7, 11) is 3.16. The summed E-state index contributed by atoms with van der Waals surface area (Å²) < 4.78 is 16.0. The predicted molar refractivity (Wildman–Crippen MR) is 122 cm³/mol. The van der Waals surface area contributed by atoms with Gasteiger partial charge in [-0.1, -0.05) is 0 Å². The third kappa shape index (κ3) is 4.96. The maximum Gasteiger partial charge on any atom is 0.322 e. The fourth-order valence-corrected chi connectivity index (χ4v) is 3.89. The average molecular weight is 443 g/mol. The molecule has 1 N–H and O–H groups in total. The first-order valence-corrected chi connectivity index (χ1v) is 10.8. The zero-order valence-electron chi connectivity index (χ0n) is 18.8. The van der Waals surface area contributed by atoms with E-state index in [4.69, 9.17) is 14.2 Å². The van der Waals surface area contributed by atoms with Crippen LogP contribution in [0.4, 0.5) is 22.1 Å². The molecule has 10 nitrogen and oxygen atoms in total. The molecular formula is C22H30N6O4. The zero-order valence-corrected chi connectivity index (χ0v) is 18.8. The van der Waals surface area contributed by atoms with Crippen molar-refractivity contribution < 1.29 is 19.0 Å². The van der Waals surface area contributed by atoms with Crippen LogP contribution in [0.3, 0.4) is 0 Å². The first-order chi connectivity index (χ1) is 15.6. The monoisotopic (exact) mass is 442 g/mol. The fourth-order valence-electron chi connectivity index (χ4n) is 3.89. The summed E-state index contributed by atoms with van der Waals surface area (Å²) in [5.74, 6) is 3.81. The van der Waals surface area contributed by atoms with Gasteiger partial charge in [-0.3, -0.25) is 0 Å². The molecule has 1 aromatic heterocycles. The van der Waals surface area contributed by atoms with Gasteiger partial charge < -0.3 is 34.2 Å². The molecule has 0 aliphatic carbocycles. The normalized spacial score (nSPS) is 16.7. The number of rotatable bonds is 5. The lowest BCUT2D eigenvalue weighted by molar-refractivity contribution is 0.122. The van der Waals surface area contributed by atoms with Crippen LogP contribution in [-0.4, -0.2) is 87.6 Å². The van der Waals surface area contributed by atoms with E-state index in [1.807, 2.05) is 13.0 Å². The first-order valence-electron chi connectivity index (χ1n) is 10.8. The van der Waals surface area contributed by atoms with Crippen LogP contribution in [0.2, 0.25) is 0 Å². The van der Waals surface area contributed by atoms with Gasteiger partial charge in [-0.2, -0.15) is 0 Å². The zero-order chi connectivity index (χ0) is 22.5. The van der Waals surface area contributed by atoms with Crippen LogP contribution in [0.1, 0.15) is 5.82 Å². The number of aryl methyl sites for hydroxylation is 1. The van der Waals surface area contributed by atoms with Gasteiger partial charge in [-0.15, -0.1) is 0 Å². The third-order valence-electron chi connectivity index (χ3n) is 5.69. The molecule has 2 aliphatic heterocycles. The van der Waals surface area contributed by atoms with Gasteiger partial charge in [0.25, 0.3) is 0 Å². The summed E-state index contributed by atoms with van der Waals surface area (Å²) in [4.78, 5) is 28.3. The average Bonchev–Trinajstić information content (AvgIpc) is 2.84. The van der Waals surface area contributed by atoms with E-state index in [9.17, 15) is 4.79 Å². The van der Waals surface area contributed by atoms with Crippen molar-refractivity contribution in [2.45, 2.75) is 6.92 Å². The highest BCUT2D eigenvalue weighted by atomic mass is 16.5. The SMILES string of the molecule is COc1ccc(NC(=O)N2CCN(c3cc(N4CCOCC4)nc(C)n3)CC2)c(OC)c1. The van der Waals surface area contributed by atoms with E-state index in [0.717, 1.165) is 30.5 Å². The van der Waals surface area contributed by atoms with Crippen LogP contribution in [0, 0.1) is 6.92 Å². The fraction of sp³-hybridized carbons (Fsp3) is 0.500. The molecule has 172 valence electrons. The Morgan fingerprint density at radius 2 is 1.59 bits per heavy atom. The van der Waals surface area contributed by atoms with Crippen molar-refractivity contribution in [3.8, 4) is 11.5 Å². The van der Waals surface area contributed by atoms with Crippen LogP contribution in [0.5, 0.6) is 11.5 Å². The van der Waals surface area contributed by atoms with Crippen LogP contribution in [0.25, 0.3) is 0 Å². The molecule has 32 heavy (non-hydrogen) atoms. The molecule has 1 aromatic carbocycles. The Bertz CT molecular complexity index is 942. The first kappa shape index (κ1) is 21.9. The second-order valence-electron chi connectivity index (χ2n) is 7.70. The molecule has 2 aromatic rings. The Labute approximate surface area is 188 Å². The lowest BCUT2D eigenvalue weighted by Gasteiger charge is -2.36. The third-order valence-corrected chi connectivity index (χ3v) is 5.69. The summed E-state index contributed by atoms with van der Waals surface area (Å²) in [5, 5.41) is 2.94. The number of piperazine rings is 1. The van der Waals surface area contributed by atoms with Crippen molar-refractivity contribution >= 4 is 23.4 Å². The van der Waals surface area contributed by atoms with E-state index >= 15 is 0 Å². The van der Waals surface area contributed by atoms with Crippen molar-refractivity contribution in [3.05, 3.63) is 30.1 Å². The number of carbonyl (C=O) groups excluding carboxylic acids is 1. The minimum absolute atomic E-state index is 0.152. The number of nitrogens with zero attached hydrogens (tertiary/aromatic N) is 5. The molecule has 2 fully saturated rings. The molecule has 0 atom stereocenters. The minimum Gasteiger partial charge on any atom is -0.497 e. The maximum atomic E-state index is 12.8. The van der Waals surface area contributed by atoms with Crippen LogP contribution in [0.15, 0.2) is 24.3 Å². The molecule has 2 aliphatic rings. The molecule has 4 rings (SSSR count). The smallest absolute Gasteiger partial charge is 0.322 e. The Hall–Kier alpha value is -3.27. The second-order valence-corrected chi connectivity index (χ2v) is 7.70. The van der Waals surface area contributed by atoms with Crippen LogP contribution < -0.4 is 24.6 Å². The number of benzene rings is 1. The molecular weight excluding hydrogens is 412 g/mol. The van der Waals surface area contributed by atoms with Gasteiger partial charge in [0.1, 0.15) is 29.0 Å². The number of hydrogen-bond acceptors (Lipinski definition) is 8. The van der Waals surface area contributed by atoms with Gasteiger partial charge in [0.05, 0.1) is 33.1 Å². The van der Waals surface area contributed by atoms with E-state index in [1.165, 1.54) is 0 Å². The number of ether oxygens (including phenoxy) is 3. The summed E-state index contributed by atoms with van der Waals surface area (Å²) in [6, 6.07) is 7.20. The van der Waals surface area contributed by atoms with Crippen molar-refractivity contribution in [1.29, 1.82) is 0 Å². The quantitative estimate of drug-likeness (QED) is 0.752. The number of methoxy groups -OCH3 is 2. The van der Waals surface area contributed by atoms with Gasteiger partial charge in [0.2, 0.25) is 0 Å². The van der Waals surface area contributed by atoms with Crippen LogP contribution in [-0.2, 0) is 4.74 Å². The highest BCUT2D eigenvalue weighted by molar-refractivity contribution is 5.91. The lowest BCUT2D eigenvalue weighted by Crippen LogP contribution is -2.50. The van der Waals surface area contributed by atoms with Crippen molar-refractivity contribution in [1.82, 2.24) is 14.9 Å². The van der Waals surface area contributed by atoms with Crippen molar-refractivity contribution in [2.75, 3.05) is 81.8 Å². The Morgan fingerprint density at radius 1 is 0.938 bits per heavy atom. The van der Waals surface area contributed by atoms with Crippen LogP contribution >= 0.6 is 0 Å². The molecule has 0 saturated carbocycles. The Balaban J connectivity index is 1.38. The number of hydrogen-bond donors (Lipinski definition) is 1. The van der Waals surface area contributed by atoms with Crippen molar-refractivity contribution in [2.24, 2.45) is 0 Å². The van der Waals surface area contributed by atoms with Crippen molar-refractivity contribution in [3.63, 3.8) is 0 Å². The van der Waals surface area contributed by atoms with E-state index < -0.39 is 0 Å². The Morgan fingerprint density at radius 3 is 2.22 bits per heavy atom. The molecule has 3 heterocycles. The van der Waals surface area contributed by atoms with E-state index in [-0.39, 0.29) is 6.03 Å². The van der Waals surface area contributed by atoms with Gasteiger partial charge in [-0.05, 0) is 19.1 Å². The Kier molecular flexibility index (Phi) is 6.79. The minimum atomic E-state index is -0.152. The molecule has 2 amide bonds. The largest absolute Gasteiger partial charge is 0.497 e. The van der Waals surface area contributed by atoms with Gasteiger partial charge in [0, 0.05) is 51.4 Å². The summed E-state index contributed by atoms with van der Waals surface area (Å²) >= 11 is 0. The maximum absolute atomic E-state index is 12.8. The van der Waals surface area contributed by atoms with E-state index in [1.54, 1.807) is 37.3 Å². The highest BCUT2D eigenvalue weighted by Gasteiger charge is 2.24. The van der Waals surface area contributed by atoms with Gasteiger partial charge in [-0.25, -0.2) is 14.8 Å². The molecule has 0 spiro atoms. The predicted octanol–water partition coefficient (Wildman–Crippen LogP) is 1.99. The van der Waals surface area contributed by atoms with Gasteiger partial charge >= 0.3 is 6.03 Å². The number of morpholine rings is 1. The number of nitrogens with one attached hydrogen (secondary N) is 1. The number of urea groups is 1. The molecule has 0 bridgehead atoms. The molecule has 0 unspecified atom stereocenters. The number of anilines is 3. The summed E-state index contributed by atoms with van der Waals surface area (Å²) in [6.07, 6.45) is 0. The second kappa shape index (κ2) is 9.90.